The van der Waals surface area contributed by atoms with Crippen molar-refractivity contribution >= 4 is 22.9 Å². The highest BCUT2D eigenvalue weighted by Gasteiger charge is 2.16. The van der Waals surface area contributed by atoms with Crippen LogP contribution in [0, 0.1) is 0 Å². The standard InChI is InChI=1S/C23H20N4OS/c28-22(20-15-25-23(29-20)17-6-2-1-3-7-17)26-18-11-9-16(10-12-18)21-24-14-19-8-4-5-13-27(19)21/h1-3,6-7,9-12,14-15H,4-5,8,13H2,(H,26,28). The second-order valence-corrected chi connectivity index (χ2v) is 8.14. The van der Waals surface area contributed by atoms with Crippen LogP contribution in [0.1, 0.15) is 28.2 Å². The van der Waals surface area contributed by atoms with Crippen molar-refractivity contribution in [2.24, 2.45) is 0 Å². The minimum atomic E-state index is -0.143. The molecule has 3 heterocycles. The van der Waals surface area contributed by atoms with Crippen molar-refractivity contribution in [2.45, 2.75) is 25.8 Å². The second kappa shape index (κ2) is 7.64. The number of carbonyl (C=O) groups is 1. The lowest BCUT2D eigenvalue weighted by atomic mass is 10.1. The van der Waals surface area contributed by atoms with Crippen LogP contribution in [-0.4, -0.2) is 20.4 Å². The number of hydrogen-bond donors (Lipinski definition) is 1. The number of aryl methyl sites for hydroxylation is 1. The first-order valence-corrected chi connectivity index (χ1v) is 10.6. The molecule has 0 unspecified atom stereocenters. The monoisotopic (exact) mass is 400 g/mol. The summed E-state index contributed by atoms with van der Waals surface area (Å²) < 4.78 is 2.31. The summed E-state index contributed by atoms with van der Waals surface area (Å²) in [5.74, 6) is 0.864. The van der Waals surface area contributed by atoms with Crippen LogP contribution in [0.3, 0.4) is 0 Å². The maximum atomic E-state index is 12.6. The average Bonchev–Trinajstić information content (AvgIpc) is 3.43. The summed E-state index contributed by atoms with van der Waals surface area (Å²) in [6.45, 7) is 1.03. The van der Waals surface area contributed by atoms with Crippen molar-refractivity contribution in [1.29, 1.82) is 0 Å². The zero-order valence-electron chi connectivity index (χ0n) is 15.8. The highest BCUT2D eigenvalue weighted by molar-refractivity contribution is 7.17. The Labute approximate surface area is 173 Å². The molecule has 4 aromatic rings. The Morgan fingerprint density at radius 3 is 2.59 bits per heavy atom. The van der Waals surface area contributed by atoms with Gasteiger partial charge in [-0.05, 0) is 43.5 Å². The van der Waals surface area contributed by atoms with Gasteiger partial charge in [0.15, 0.2) is 0 Å². The number of imidazole rings is 1. The maximum Gasteiger partial charge on any atom is 0.267 e. The third-order valence-electron chi connectivity index (χ3n) is 5.15. The van der Waals surface area contributed by atoms with Crippen LogP contribution in [0.25, 0.3) is 22.0 Å². The number of hydrogen-bond acceptors (Lipinski definition) is 4. The van der Waals surface area contributed by atoms with Gasteiger partial charge in [0.05, 0.1) is 6.20 Å². The van der Waals surface area contributed by atoms with Crippen LogP contribution >= 0.6 is 11.3 Å². The Morgan fingerprint density at radius 1 is 0.931 bits per heavy atom. The van der Waals surface area contributed by atoms with E-state index in [9.17, 15) is 4.79 Å². The maximum absolute atomic E-state index is 12.6. The van der Waals surface area contributed by atoms with Crippen molar-refractivity contribution in [3.8, 4) is 22.0 Å². The van der Waals surface area contributed by atoms with Crippen molar-refractivity contribution in [3.63, 3.8) is 0 Å². The number of thiazole rings is 1. The lowest BCUT2D eigenvalue weighted by Crippen LogP contribution is -2.11. The van der Waals surface area contributed by atoms with E-state index in [2.05, 4.69) is 19.9 Å². The predicted octanol–water partition coefficient (Wildman–Crippen LogP) is 5.26. The molecule has 0 saturated heterocycles. The summed E-state index contributed by atoms with van der Waals surface area (Å²) in [5.41, 5.74) is 4.16. The molecule has 5 rings (SSSR count). The summed E-state index contributed by atoms with van der Waals surface area (Å²) in [4.78, 5) is 22.2. The number of nitrogens with one attached hydrogen (secondary N) is 1. The molecule has 0 fully saturated rings. The van der Waals surface area contributed by atoms with E-state index in [1.807, 2.05) is 60.8 Å². The molecular formula is C23H20N4OS. The number of fused-ring (bicyclic) bond motifs is 1. The molecule has 0 radical (unpaired) electrons. The summed E-state index contributed by atoms with van der Waals surface area (Å²) in [5, 5.41) is 3.80. The van der Waals surface area contributed by atoms with Gasteiger partial charge in [0.2, 0.25) is 0 Å². The van der Waals surface area contributed by atoms with Gasteiger partial charge in [0, 0.05) is 35.2 Å². The molecule has 1 N–H and O–H groups in total. The Balaban J connectivity index is 1.31. The van der Waals surface area contributed by atoms with Gasteiger partial charge < -0.3 is 9.88 Å². The van der Waals surface area contributed by atoms with Gasteiger partial charge in [0.1, 0.15) is 15.7 Å². The number of rotatable bonds is 4. The number of aromatic nitrogens is 3. The van der Waals surface area contributed by atoms with Gasteiger partial charge in [-0.25, -0.2) is 9.97 Å². The van der Waals surface area contributed by atoms with E-state index in [1.54, 1.807) is 6.20 Å². The molecular weight excluding hydrogens is 380 g/mol. The van der Waals surface area contributed by atoms with Crippen molar-refractivity contribution in [2.75, 3.05) is 5.32 Å². The minimum Gasteiger partial charge on any atom is -0.328 e. The Kier molecular flexibility index (Phi) is 4.69. The molecule has 29 heavy (non-hydrogen) atoms. The molecule has 0 atom stereocenters. The van der Waals surface area contributed by atoms with Gasteiger partial charge in [0.25, 0.3) is 5.91 Å². The van der Waals surface area contributed by atoms with Crippen molar-refractivity contribution in [3.05, 3.63) is 77.6 Å². The summed E-state index contributed by atoms with van der Waals surface area (Å²) >= 11 is 1.39. The minimum absolute atomic E-state index is 0.143. The van der Waals surface area contributed by atoms with Gasteiger partial charge >= 0.3 is 0 Å². The molecule has 1 amide bonds. The van der Waals surface area contributed by atoms with Crippen LogP contribution in [0.2, 0.25) is 0 Å². The molecule has 5 nitrogen and oxygen atoms in total. The smallest absolute Gasteiger partial charge is 0.267 e. The predicted molar refractivity (Wildman–Crippen MR) is 116 cm³/mol. The van der Waals surface area contributed by atoms with Gasteiger partial charge in [-0.3, -0.25) is 4.79 Å². The Bertz CT molecular complexity index is 1150. The van der Waals surface area contributed by atoms with E-state index < -0.39 is 0 Å². The lowest BCUT2D eigenvalue weighted by molar-refractivity contribution is 0.103. The van der Waals surface area contributed by atoms with Crippen molar-refractivity contribution in [1.82, 2.24) is 14.5 Å². The fourth-order valence-electron chi connectivity index (χ4n) is 3.66. The van der Waals surface area contributed by atoms with E-state index in [0.717, 1.165) is 40.6 Å². The normalized spacial score (nSPS) is 13.1. The molecule has 144 valence electrons. The van der Waals surface area contributed by atoms with E-state index in [4.69, 9.17) is 0 Å². The molecule has 0 spiro atoms. The summed E-state index contributed by atoms with van der Waals surface area (Å²) in [7, 11) is 0. The van der Waals surface area contributed by atoms with Gasteiger partial charge in [-0.1, -0.05) is 30.3 Å². The number of nitrogens with zero attached hydrogens (tertiary/aromatic N) is 3. The summed E-state index contributed by atoms with van der Waals surface area (Å²) in [6.07, 6.45) is 7.15. The number of benzene rings is 2. The van der Waals surface area contributed by atoms with Crippen LogP contribution in [0.4, 0.5) is 5.69 Å². The highest BCUT2D eigenvalue weighted by Crippen LogP contribution is 2.27. The molecule has 1 aliphatic rings. The fraction of sp³-hybridized carbons (Fsp3) is 0.174. The van der Waals surface area contributed by atoms with Gasteiger partial charge in [-0.2, -0.15) is 0 Å². The largest absolute Gasteiger partial charge is 0.328 e. The SMILES string of the molecule is O=C(Nc1ccc(-c2ncc3n2CCCC3)cc1)c1cnc(-c2ccccc2)s1. The van der Waals surface area contributed by atoms with E-state index in [0.29, 0.717) is 4.88 Å². The molecule has 2 aromatic heterocycles. The average molecular weight is 401 g/mol. The quantitative estimate of drug-likeness (QED) is 0.508. The van der Waals surface area contributed by atoms with Crippen LogP contribution in [-0.2, 0) is 13.0 Å². The molecule has 0 bridgehead atoms. The second-order valence-electron chi connectivity index (χ2n) is 7.11. The fourth-order valence-corrected chi connectivity index (χ4v) is 4.47. The van der Waals surface area contributed by atoms with Crippen LogP contribution in [0.15, 0.2) is 67.0 Å². The molecule has 0 saturated carbocycles. The van der Waals surface area contributed by atoms with E-state index >= 15 is 0 Å². The van der Waals surface area contributed by atoms with Crippen molar-refractivity contribution < 1.29 is 4.79 Å². The summed E-state index contributed by atoms with van der Waals surface area (Å²) in [6, 6.07) is 17.8. The van der Waals surface area contributed by atoms with Crippen LogP contribution in [0.5, 0.6) is 0 Å². The van der Waals surface area contributed by atoms with E-state index in [1.165, 1.54) is 29.9 Å². The first-order chi connectivity index (χ1) is 14.3. The number of carbonyl (C=O) groups excluding carboxylic acids is 1. The molecule has 0 aliphatic carbocycles. The topological polar surface area (TPSA) is 59.8 Å². The number of amides is 1. The first-order valence-electron chi connectivity index (χ1n) is 9.75. The zero-order valence-corrected chi connectivity index (χ0v) is 16.7. The zero-order chi connectivity index (χ0) is 19.6. The van der Waals surface area contributed by atoms with E-state index in [-0.39, 0.29) is 5.91 Å². The van der Waals surface area contributed by atoms with Crippen LogP contribution < -0.4 is 5.32 Å². The number of anilines is 1. The molecule has 1 aliphatic heterocycles. The highest BCUT2D eigenvalue weighted by atomic mass is 32.1. The Morgan fingerprint density at radius 2 is 1.76 bits per heavy atom. The first kappa shape index (κ1) is 17.8. The van der Waals surface area contributed by atoms with Gasteiger partial charge in [-0.15, -0.1) is 11.3 Å². The molecule has 2 aromatic carbocycles. The third-order valence-corrected chi connectivity index (χ3v) is 6.20. The third kappa shape index (κ3) is 3.59. The molecule has 6 heteroatoms. The lowest BCUT2D eigenvalue weighted by Gasteiger charge is -2.16. The Hall–Kier alpha value is -3.25.